The Kier molecular flexibility index (Phi) is 3.91. The number of nitrogens with one attached hydrogen (secondary N) is 2. The lowest BCUT2D eigenvalue weighted by molar-refractivity contribution is -0.134. The minimum absolute atomic E-state index is 0.239. The quantitative estimate of drug-likeness (QED) is 0.649. The maximum Gasteiger partial charge on any atom is 0.251 e. The second-order valence-corrected chi connectivity index (χ2v) is 4.38. The van der Waals surface area contributed by atoms with Gasteiger partial charge >= 0.3 is 0 Å². The Balaban J connectivity index is 2.00. The summed E-state index contributed by atoms with van der Waals surface area (Å²) in [6, 6.07) is 6.19. The van der Waals surface area contributed by atoms with Crippen molar-refractivity contribution in [3.63, 3.8) is 0 Å². The molecule has 1 aliphatic heterocycles. The van der Waals surface area contributed by atoms with E-state index in [1.54, 1.807) is 24.3 Å². The molecule has 0 aliphatic carbocycles. The van der Waals surface area contributed by atoms with Gasteiger partial charge in [0.05, 0.1) is 0 Å². The first-order valence-electron chi connectivity index (χ1n) is 6.03. The van der Waals surface area contributed by atoms with E-state index < -0.39 is 11.9 Å². The van der Waals surface area contributed by atoms with Crippen LogP contribution in [-0.4, -0.2) is 23.8 Å². The molecule has 1 aliphatic rings. The monoisotopic (exact) mass is 261 g/mol. The molecule has 6 nitrogen and oxygen atoms in total. The Labute approximate surface area is 110 Å². The van der Waals surface area contributed by atoms with Crippen LogP contribution in [0.25, 0.3) is 0 Å². The van der Waals surface area contributed by atoms with Gasteiger partial charge in [0.2, 0.25) is 11.8 Å². The van der Waals surface area contributed by atoms with Gasteiger partial charge in [0, 0.05) is 18.5 Å². The van der Waals surface area contributed by atoms with E-state index >= 15 is 0 Å². The molecule has 0 radical (unpaired) electrons. The van der Waals surface area contributed by atoms with Gasteiger partial charge in [0.25, 0.3) is 5.91 Å². The van der Waals surface area contributed by atoms with Crippen molar-refractivity contribution in [1.29, 1.82) is 0 Å². The van der Waals surface area contributed by atoms with Gasteiger partial charge in [0.1, 0.15) is 6.04 Å². The number of piperidine rings is 1. The molecule has 4 N–H and O–H groups in total. The highest BCUT2D eigenvalue weighted by atomic mass is 16.2. The number of amides is 3. The maximum atomic E-state index is 11.9. The minimum Gasteiger partial charge on any atom is -0.340 e. The third-order valence-corrected chi connectivity index (χ3v) is 3.00. The van der Waals surface area contributed by atoms with Crippen LogP contribution in [-0.2, 0) is 16.1 Å². The number of rotatable bonds is 3. The molecule has 2 rings (SSSR count). The number of hydrogen-bond donors (Lipinski definition) is 3. The molecule has 3 amide bonds. The summed E-state index contributed by atoms with van der Waals surface area (Å²) >= 11 is 0. The molecule has 100 valence electrons. The van der Waals surface area contributed by atoms with Gasteiger partial charge in [-0.25, -0.2) is 0 Å². The summed E-state index contributed by atoms with van der Waals surface area (Å²) in [6.45, 7) is 0.412. The van der Waals surface area contributed by atoms with Gasteiger partial charge in [-0.15, -0.1) is 0 Å². The summed E-state index contributed by atoms with van der Waals surface area (Å²) in [4.78, 5) is 34.4. The van der Waals surface area contributed by atoms with E-state index in [0.717, 1.165) is 5.56 Å². The molecule has 1 aromatic rings. The fourth-order valence-electron chi connectivity index (χ4n) is 1.87. The van der Waals surface area contributed by atoms with Gasteiger partial charge in [-0.2, -0.15) is 0 Å². The van der Waals surface area contributed by atoms with Crippen molar-refractivity contribution in [1.82, 2.24) is 10.6 Å². The first-order chi connectivity index (χ1) is 9.10. The highest BCUT2D eigenvalue weighted by Gasteiger charge is 2.27. The number of nitrogens with two attached hydrogens (primary N) is 1. The number of benzene rings is 1. The normalized spacial score (nSPS) is 18.9. The third-order valence-electron chi connectivity index (χ3n) is 3.00. The van der Waals surface area contributed by atoms with Crippen molar-refractivity contribution >= 4 is 17.7 Å². The van der Waals surface area contributed by atoms with E-state index in [1.165, 1.54) is 0 Å². The van der Waals surface area contributed by atoms with Crippen LogP contribution in [0.5, 0.6) is 0 Å². The van der Waals surface area contributed by atoms with Crippen LogP contribution >= 0.6 is 0 Å². The lowest BCUT2D eigenvalue weighted by atomic mass is 10.1. The number of imide groups is 1. The summed E-state index contributed by atoms with van der Waals surface area (Å²) in [5, 5.41) is 4.80. The molecule has 0 spiro atoms. The highest BCUT2D eigenvalue weighted by Crippen LogP contribution is 2.08. The molecule has 1 heterocycles. The number of carbonyl (C=O) groups is 3. The van der Waals surface area contributed by atoms with Gasteiger partial charge in [-0.05, 0) is 24.1 Å². The lowest BCUT2D eigenvalue weighted by Gasteiger charge is -2.21. The average Bonchev–Trinajstić information content (AvgIpc) is 2.42. The lowest BCUT2D eigenvalue weighted by Crippen LogP contribution is -2.52. The second-order valence-electron chi connectivity index (χ2n) is 4.38. The van der Waals surface area contributed by atoms with Crippen molar-refractivity contribution in [2.45, 2.75) is 25.4 Å². The van der Waals surface area contributed by atoms with Crippen molar-refractivity contribution in [2.75, 3.05) is 0 Å². The molecule has 0 bridgehead atoms. The molecule has 0 saturated carbocycles. The van der Waals surface area contributed by atoms with E-state index in [9.17, 15) is 14.4 Å². The Bertz CT molecular complexity index is 510. The molecule has 1 unspecified atom stereocenters. The predicted octanol–water partition coefficient (Wildman–Crippen LogP) is -0.320. The maximum absolute atomic E-state index is 11.9. The highest BCUT2D eigenvalue weighted by molar-refractivity contribution is 6.03. The van der Waals surface area contributed by atoms with Crippen LogP contribution in [0.2, 0.25) is 0 Å². The number of carbonyl (C=O) groups excluding carboxylic acids is 3. The van der Waals surface area contributed by atoms with Crippen molar-refractivity contribution < 1.29 is 14.4 Å². The largest absolute Gasteiger partial charge is 0.340 e. The topological polar surface area (TPSA) is 101 Å². The van der Waals surface area contributed by atoms with Gasteiger partial charge in [-0.1, -0.05) is 12.1 Å². The Morgan fingerprint density at radius 3 is 2.58 bits per heavy atom. The molecular weight excluding hydrogens is 246 g/mol. The summed E-state index contributed by atoms with van der Waals surface area (Å²) in [6.07, 6.45) is 0.570. The van der Waals surface area contributed by atoms with E-state index in [4.69, 9.17) is 5.73 Å². The first-order valence-corrected chi connectivity index (χ1v) is 6.03. The fourth-order valence-corrected chi connectivity index (χ4v) is 1.87. The molecule has 1 aromatic carbocycles. The molecule has 6 heteroatoms. The Hall–Kier alpha value is -2.21. The predicted molar refractivity (Wildman–Crippen MR) is 68.0 cm³/mol. The molecule has 0 aromatic heterocycles. The summed E-state index contributed by atoms with van der Waals surface area (Å²) in [5.74, 6) is -1.09. The van der Waals surface area contributed by atoms with E-state index in [-0.39, 0.29) is 18.2 Å². The van der Waals surface area contributed by atoms with Crippen LogP contribution in [0.4, 0.5) is 0 Å². The minimum atomic E-state index is -0.653. The summed E-state index contributed by atoms with van der Waals surface area (Å²) in [7, 11) is 0. The van der Waals surface area contributed by atoms with E-state index in [0.29, 0.717) is 18.5 Å². The molecule has 1 atom stereocenters. The molecule has 19 heavy (non-hydrogen) atoms. The van der Waals surface area contributed by atoms with Crippen molar-refractivity contribution in [3.8, 4) is 0 Å². The van der Waals surface area contributed by atoms with Crippen LogP contribution < -0.4 is 16.4 Å². The van der Waals surface area contributed by atoms with Crippen molar-refractivity contribution in [3.05, 3.63) is 35.4 Å². The van der Waals surface area contributed by atoms with E-state index in [2.05, 4.69) is 10.6 Å². The van der Waals surface area contributed by atoms with Crippen molar-refractivity contribution in [2.24, 2.45) is 5.73 Å². The van der Waals surface area contributed by atoms with E-state index in [1.807, 2.05) is 0 Å². The van der Waals surface area contributed by atoms with Crippen LogP contribution in [0, 0.1) is 0 Å². The molecule has 1 fully saturated rings. The van der Waals surface area contributed by atoms with Gasteiger partial charge in [-0.3, -0.25) is 19.7 Å². The van der Waals surface area contributed by atoms with Crippen LogP contribution in [0.15, 0.2) is 24.3 Å². The Morgan fingerprint density at radius 2 is 2.00 bits per heavy atom. The average molecular weight is 261 g/mol. The number of hydrogen-bond acceptors (Lipinski definition) is 4. The first kappa shape index (κ1) is 13.2. The third kappa shape index (κ3) is 3.17. The van der Waals surface area contributed by atoms with Gasteiger partial charge in [0.15, 0.2) is 0 Å². The summed E-state index contributed by atoms with van der Waals surface area (Å²) in [5.41, 5.74) is 6.86. The molecule has 1 saturated heterocycles. The van der Waals surface area contributed by atoms with Gasteiger partial charge < -0.3 is 11.1 Å². The SMILES string of the molecule is NCc1ccc(C(=O)NC2CCC(=O)NC2=O)cc1. The standard InChI is InChI=1S/C13H15N3O3/c14-7-8-1-3-9(4-2-8)12(18)15-10-5-6-11(17)16-13(10)19/h1-4,10H,5-7,14H2,(H,15,18)(H,16,17,19). The molecular formula is C13H15N3O3. The zero-order valence-electron chi connectivity index (χ0n) is 10.3. The summed E-state index contributed by atoms with van der Waals surface area (Å²) < 4.78 is 0. The smallest absolute Gasteiger partial charge is 0.251 e. The second kappa shape index (κ2) is 5.62. The Morgan fingerprint density at radius 1 is 1.32 bits per heavy atom. The zero-order valence-corrected chi connectivity index (χ0v) is 10.3. The zero-order chi connectivity index (χ0) is 13.8. The van der Waals surface area contributed by atoms with Crippen LogP contribution in [0.3, 0.4) is 0 Å². The van der Waals surface area contributed by atoms with Crippen LogP contribution in [0.1, 0.15) is 28.8 Å². The fraction of sp³-hybridized carbons (Fsp3) is 0.308.